The van der Waals surface area contributed by atoms with Gasteiger partial charge in [0.05, 0.1) is 18.4 Å². The summed E-state index contributed by atoms with van der Waals surface area (Å²) in [6.07, 6.45) is 0.884. The normalized spacial score (nSPS) is 10.9. The average Bonchev–Trinajstić information content (AvgIpc) is 2.67. The number of sulfonamides is 1. The maximum Gasteiger partial charge on any atom is 0.240 e. The molecule has 0 aliphatic carbocycles. The molecule has 0 aliphatic heterocycles. The van der Waals surface area contributed by atoms with Gasteiger partial charge in [-0.15, -0.1) is 0 Å². The third kappa shape index (κ3) is 6.59. The highest BCUT2D eigenvalue weighted by molar-refractivity contribution is 7.89. The molecule has 0 saturated heterocycles. The van der Waals surface area contributed by atoms with Crippen LogP contribution in [0, 0.1) is 0 Å². The quantitative estimate of drug-likeness (QED) is 0.567. The number of rotatable bonds is 8. The summed E-state index contributed by atoms with van der Waals surface area (Å²) in [4.78, 5) is 12.3. The van der Waals surface area contributed by atoms with E-state index in [-0.39, 0.29) is 22.3 Å². The van der Waals surface area contributed by atoms with E-state index in [2.05, 4.69) is 15.4 Å². The molecular weight excluding hydrogens is 398 g/mol. The van der Waals surface area contributed by atoms with Crippen molar-refractivity contribution in [2.75, 3.05) is 19.0 Å². The summed E-state index contributed by atoms with van der Waals surface area (Å²) in [6.45, 7) is 2.27. The highest BCUT2D eigenvalue weighted by Crippen LogP contribution is 2.14. The van der Waals surface area contributed by atoms with E-state index in [9.17, 15) is 13.2 Å². The number of carbonyl (C=O) groups is 1. The highest BCUT2D eigenvalue weighted by Gasteiger charge is 2.13. The number of hydrogen-bond donors (Lipinski definition) is 3. The number of methoxy groups -OCH3 is 1. The summed E-state index contributed by atoms with van der Waals surface area (Å²) in [5.41, 5.74) is 1.40. The average molecular weight is 422 g/mol. The molecule has 0 radical (unpaired) electrons. The van der Waals surface area contributed by atoms with Crippen molar-refractivity contribution in [3.63, 3.8) is 0 Å². The molecule has 0 saturated carbocycles. The highest BCUT2D eigenvalue weighted by atomic mass is 32.2. The molecule has 0 aromatic heterocycles. The van der Waals surface area contributed by atoms with E-state index >= 15 is 0 Å². The smallest absolute Gasteiger partial charge is 0.240 e. The molecule has 0 aliphatic rings. The fraction of sp³-hybridized carbons (Fsp3) is 0.263. The van der Waals surface area contributed by atoms with E-state index in [1.807, 2.05) is 6.92 Å². The van der Waals surface area contributed by atoms with Crippen molar-refractivity contribution < 1.29 is 17.9 Å². The zero-order chi connectivity index (χ0) is 20.6. The third-order valence-corrected chi connectivity index (χ3v) is 5.42. The lowest BCUT2D eigenvalue weighted by atomic mass is 10.1. The van der Waals surface area contributed by atoms with E-state index in [0.717, 1.165) is 11.3 Å². The molecule has 0 unspecified atom stereocenters. The first-order valence-corrected chi connectivity index (χ1v) is 10.6. The van der Waals surface area contributed by atoms with Gasteiger partial charge in [-0.25, -0.2) is 13.1 Å². The molecule has 0 bridgehead atoms. The van der Waals surface area contributed by atoms with Crippen molar-refractivity contribution in [3.8, 4) is 5.75 Å². The molecule has 2 aromatic carbocycles. The van der Waals surface area contributed by atoms with Gasteiger partial charge >= 0.3 is 0 Å². The minimum atomic E-state index is -3.52. The van der Waals surface area contributed by atoms with Gasteiger partial charge in [-0.2, -0.15) is 0 Å². The third-order valence-electron chi connectivity index (χ3n) is 3.74. The molecule has 1 amide bonds. The first kappa shape index (κ1) is 21.8. The Bertz CT molecular complexity index is 911. The number of carbonyl (C=O) groups excluding carboxylic acids is 1. The topological polar surface area (TPSA) is 96.5 Å². The monoisotopic (exact) mass is 421 g/mol. The molecule has 9 heteroatoms. The first-order chi connectivity index (χ1) is 13.3. The molecule has 28 heavy (non-hydrogen) atoms. The van der Waals surface area contributed by atoms with Crippen LogP contribution in [-0.2, 0) is 21.2 Å². The number of anilines is 1. The zero-order valence-electron chi connectivity index (χ0n) is 15.7. The minimum absolute atomic E-state index is 0.137. The van der Waals surface area contributed by atoms with Crippen LogP contribution in [0.15, 0.2) is 53.4 Å². The number of nitrogens with one attached hydrogen (secondary N) is 3. The summed E-state index contributed by atoms with van der Waals surface area (Å²) in [5, 5.41) is 5.60. The van der Waals surface area contributed by atoms with Crippen molar-refractivity contribution >= 4 is 38.9 Å². The summed E-state index contributed by atoms with van der Waals surface area (Å²) in [6, 6.07) is 13.3. The van der Waals surface area contributed by atoms with Crippen LogP contribution in [0.3, 0.4) is 0 Å². The SMILES string of the molecule is CCCNS(=O)(=O)c1ccc(NC(=S)NC(=O)Cc2ccc(OC)cc2)cc1. The van der Waals surface area contributed by atoms with Gasteiger partial charge in [0.15, 0.2) is 5.11 Å². The van der Waals surface area contributed by atoms with Crippen LogP contribution in [0.5, 0.6) is 5.75 Å². The molecule has 0 fully saturated rings. The molecule has 7 nitrogen and oxygen atoms in total. The summed E-state index contributed by atoms with van der Waals surface area (Å²) >= 11 is 5.14. The Hall–Kier alpha value is -2.49. The maximum absolute atomic E-state index is 12.1. The molecule has 2 rings (SSSR count). The second-order valence-electron chi connectivity index (χ2n) is 5.95. The number of amides is 1. The summed E-state index contributed by atoms with van der Waals surface area (Å²) in [7, 11) is -1.94. The fourth-order valence-electron chi connectivity index (χ4n) is 2.30. The zero-order valence-corrected chi connectivity index (χ0v) is 17.3. The van der Waals surface area contributed by atoms with Crippen molar-refractivity contribution in [3.05, 3.63) is 54.1 Å². The Kier molecular flexibility index (Phi) is 7.91. The van der Waals surface area contributed by atoms with Crippen LogP contribution in [0.1, 0.15) is 18.9 Å². The predicted molar refractivity (Wildman–Crippen MR) is 113 cm³/mol. The van der Waals surface area contributed by atoms with Crippen molar-refractivity contribution in [1.82, 2.24) is 10.0 Å². The number of benzene rings is 2. The maximum atomic E-state index is 12.1. The van der Waals surface area contributed by atoms with Gasteiger partial charge in [0, 0.05) is 12.2 Å². The number of thiocarbonyl (C=S) groups is 1. The van der Waals surface area contributed by atoms with E-state index < -0.39 is 10.0 Å². The predicted octanol–water partition coefficient (Wildman–Crippen LogP) is 2.44. The van der Waals surface area contributed by atoms with E-state index in [1.165, 1.54) is 12.1 Å². The second-order valence-corrected chi connectivity index (χ2v) is 8.12. The van der Waals surface area contributed by atoms with Crippen LogP contribution in [0.25, 0.3) is 0 Å². The fourth-order valence-corrected chi connectivity index (χ4v) is 3.66. The Morgan fingerprint density at radius 3 is 2.29 bits per heavy atom. The van der Waals surface area contributed by atoms with E-state index in [1.54, 1.807) is 43.5 Å². The van der Waals surface area contributed by atoms with Gasteiger partial charge in [-0.1, -0.05) is 19.1 Å². The number of ether oxygens (including phenoxy) is 1. The standard InChI is InChI=1S/C19H23N3O4S2/c1-3-12-20-28(24,25)17-10-6-15(7-11-17)21-19(27)22-18(23)13-14-4-8-16(26-2)9-5-14/h4-11,20H,3,12-13H2,1-2H3,(H2,21,22,23,27). The Morgan fingerprint density at radius 2 is 1.71 bits per heavy atom. The lowest BCUT2D eigenvalue weighted by Crippen LogP contribution is -2.35. The molecule has 150 valence electrons. The largest absolute Gasteiger partial charge is 0.497 e. The molecule has 0 heterocycles. The van der Waals surface area contributed by atoms with E-state index in [0.29, 0.717) is 18.7 Å². The van der Waals surface area contributed by atoms with Crippen LogP contribution in [0.4, 0.5) is 5.69 Å². The van der Waals surface area contributed by atoms with Gasteiger partial charge < -0.3 is 15.4 Å². The van der Waals surface area contributed by atoms with Crippen molar-refractivity contribution in [2.24, 2.45) is 0 Å². The van der Waals surface area contributed by atoms with Gasteiger partial charge in [-0.3, -0.25) is 4.79 Å². The first-order valence-electron chi connectivity index (χ1n) is 8.67. The molecular formula is C19H23N3O4S2. The van der Waals surface area contributed by atoms with Crippen molar-refractivity contribution in [1.29, 1.82) is 0 Å². The van der Waals surface area contributed by atoms with E-state index in [4.69, 9.17) is 17.0 Å². The molecule has 3 N–H and O–H groups in total. The van der Waals surface area contributed by atoms with Crippen LogP contribution in [0.2, 0.25) is 0 Å². The van der Waals surface area contributed by atoms with Crippen LogP contribution >= 0.6 is 12.2 Å². The van der Waals surface area contributed by atoms with Crippen LogP contribution < -0.4 is 20.1 Å². The van der Waals surface area contributed by atoms with Crippen molar-refractivity contribution in [2.45, 2.75) is 24.7 Å². The lowest BCUT2D eigenvalue weighted by Gasteiger charge is -2.11. The Labute approximate surface area is 170 Å². The molecule has 0 atom stereocenters. The van der Waals surface area contributed by atoms with Crippen LogP contribution in [-0.4, -0.2) is 33.1 Å². The second kappa shape index (κ2) is 10.2. The minimum Gasteiger partial charge on any atom is -0.497 e. The number of hydrogen-bond acceptors (Lipinski definition) is 5. The molecule has 2 aromatic rings. The molecule has 0 spiro atoms. The Morgan fingerprint density at radius 1 is 1.07 bits per heavy atom. The Balaban J connectivity index is 1.89. The van der Waals surface area contributed by atoms with Gasteiger partial charge in [0.1, 0.15) is 5.75 Å². The van der Waals surface area contributed by atoms with Gasteiger partial charge in [0.25, 0.3) is 0 Å². The summed E-state index contributed by atoms with van der Waals surface area (Å²) in [5.74, 6) is 0.460. The lowest BCUT2D eigenvalue weighted by molar-refractivity contribution is -0.119. The summed E-state index contributed by atoms with van der Waals surface area (Å²) < 4.78 is 31.7. The van der Waals surface area contributed by atoms with Gasteiger partial charge in [-0.05, 0) is 60.6 Å². The van der Waals surface area contributed by atoms with Gasteiger partial charge in [0.2, 0.25) is 15.9 Å².